The first-order valence-electron chi connectivity index (χ1n) is 4.55. The normalized spacial score (nSPS) is 28.4. The lowest BCUT2D eigenvalue weighted by Gasteiger charge is -2.18. The van der Waals surface area contributed by atoms with E-state index in [9.17, 15) is 13.6 Å². The van der Waals surface area contributed by atoms with Crippen LogP contribution in [0.15, 0.2) is 11.6 Å². The predicted molar refractivity (Wildman–Crippen MR) is 47.0 cm³/mol. The van der Waals surface area contributed by atoms with Crippen LogP contribution in [-0.4, -0.2) is 18.1 Å². The highest BCUT2D eigenvalue weighted by molar-refractivity contribution is 5.75. The quantitative estimate of drug-likeness (QED) is 0.622. The number of halogens is 2. The van der Waals surface area contributed by atoms with Crippen LogP contribution in [0.1, 0.15) is 32.6 Å². The van der Waals surface area contributed by atoms with E-state index in [2.05, 4.69) is 0 Å². The van der Waals surface area contributed by atoms with E-state index in [1.807, 2.05) is 0 Å². The Morgan fingerprint density at radius 1 is 1.62 bits per heavy atom. The van der Waals surface area contributed by atoms with E-state index in [0.29, 0.717) is 19.3 Å². The molecule has 0 saturated carbocycles. The summed E-state index contributed by atoms with van der Waals surface area (Å²) in [5.41, 5.74) is 0.751. The molecule has 0 aliphatic heterocycles. The summed E-state index contributed by atoms with van der Waals surface area (Å²) in [6, 6.07) is 0. The zero-order chi connectivity index (χ0) is 9.84. The Labute approximate surface area is 76.8 Å². The van der Waals surface area contributed by atoms with Crippen molar-refractivity contribution in [2.24, 2.45) is 0 Å². The first-order valence-corrected chi connectivity index (χ1v) is 4.55. The fraction of sp³-hybridized carbons (Fsp3) is 0.700. The van der Waals surface area contributed by atoms with Gasteiger partial charge < -0.3 is 4.79 Å². The topological polar surface area (TPSA) is 17.1 Å². The Bertz CT molecular complexity index is 223. The molecule has 74 valence electrons. The summed E-state index contributed by atoms with van der Waals surface area (Å²) in [6.07, 6.45) is 0.408. The molecule has 1 nitrogen and oxygen atoms in total. The van der Waals surface area contributed by atoms with Crippen LogP contribution in [-0.2, 0) is 4.79 Å². The molecule has 13 heavy (non-hydrogen) atoms. The lowest BCUT2D eigenvalue weighted by molar-refractivity contribution is -0.117. The lowest BCUT2D eigenvalue weighted by Crippen LogP contribution is -2.16. The summed E-state index contributed by atoms with van der Waals surface area (Å²) >= 11 is 0. The molecule has 1 aliphatic rings. The van der Waals surface area contributed by atoms with Crippen LogP contribution in [0.5, 0.6) is 0 Å². The molecular formula is C10H14F2O. The van der Waals surface area contributed by atoms with Crippen molar-refractivity contribution in [3.8, 4) is 0 Å². The third-order valence-corrected chi connectivity index (χ3v) is 2.18. The first kappa shape index (κ1) is 10.4. The van der Waals surface area contributed by atoms with Gasteiger partial charge in [0, 0.05) is 12.8 Å². The summed E-state index contributed by atoms with van der Waals surface area (Å²) in [4.78, 5) is 10.6. The zero-order valence-corrected chi connectivity index (χ0v) is 7.72. The molecule has 0 heterocycles. The van der Waals surface area contributed by atoms with Crippen molar-refractivity contribution in [1.82, 2.24) is 0 Å². The van der Waals surface area contributed by atoms with Gasteiger partial charge in [-0.05, 0) is 19.8 Å². The van der Waals surface area contributed by atoms with Crippen molar-refractivity contribution < 1.29 is 13.6 Å². The Kier molecular flexibility index (Phi) is 3.58. The number of hydrogen-bond donors (Lipinski definition) is 0. The number of ketones is 1. The number of allylic oxidation sites excluding steroid dienone is 2. The average Bonchev–Trinajstić information content (AvgIpc) is 1.99. The van der Waals surface area contributed by atoms with Gasteiger partial charge in [0.25, 0.3) is 0 Å². The van der Waals surface area contributed by atoms with Gasteiger partial charge in [-0.15, -0.1) is 0 Å². The number of carbonyl (C=O) groups excluding carboxylic acids is 1. The van der Waals surface area contributed by atoms with Gasteiger partial charge in [0.15, 0.2) is 0 Å². The summed E-state index contributed by atoms with van der Waals surface area (Å²) in [5, 5.41) is 0. The smallest absolute Gasteiger partial charge is 0.130 e. The summed E-state index contributed by atoms with van der Waals surface area (Å²) in [7, 11) is 0. The monoisotopic (exact) mass is 188 g/mol. The van der Waals surface area contributed by atoms with E-state index in [-0.39, 0.29) is 12.2 Å². The average molecular weight is 188 g/mol. The zero-order valence-electron chi connectivity index (χ0n) is 7.72. The van der Waals surface area contributed by atoms with Crippen LogP contribution in [0.2, 0.25) is 0 Å². The van der Waals surface area contributed by atoms with E-state index < -0.39 is 12.3 Å². The molecule has 1 unspecified atom stereocenters. The van der Waals surface area contributed by atoms with Gasteiger partial charge in [0.05, 0.1) is 0 Å². The van der Waals surface area contributed by atoms with Gasteiger partial charge in [-0.25, -0.2) is 8.78 Å². The molecule has 1 rings (SSSR count). The van der Waals surface area contributed by atoms with E-state index in [1.54, 1.807) is 0 Å². The molecule has 0 bridgehead atoms. The third-order valence-electron chi connectivity index (χ3n) is 2.18. The molecule has 0 radical (unpaired) electrons. The second-order valence-corrected chi connectivity index (χ2v) is 3.58. The van der Waals surface area contributed by atoms with Gasteiger partial charge in [-0.2, -0.15) is 0 Å². The largest absolute Gasteiger partial charge is 0.300 e. The highest BCUT2D eigenvalue weighted by Gasteiger charge is 2.21. The number of alkyl halides is 2. The van der Waals surface area contributed by atoms with E-state index in [4.69, 9.17) is 0 Å². The Morgan fingerprint density at radius 3 is 2.85 bits per heavy atom. The van der Waals surface area contributed by atoms with Gasteiger partial charge in [-0.3, -0.25) is 0 Å². The van der Waals surface area contributed by atoms with Crippen LogP contribution in [0.25, 0.3) is 0 Å². The Balaban J connectivity index is 2.44. The number of rotatable bonds is 3. The number of Topliss-reactive ketones (excluding diaryl/α,β-unsaturated/α-hetero) is 1. The number of hydrogen-bond acceptors (Lipinski definition) is 1. The summed E-state index contributed by atoms with van der Waals surface area (Å²) < 4.78 is 25.7. The molecule has 0 spiro atoms. The molecule has 0 aromatic heterocycles. The van der Waals surface area contributed by atoms with Crippen LogP contribution >= 0.6 is 0 Å². The maximum Gasteiger partial charge on any atom is 0.130 e. The highest BCUT2D eigenvalue weighted by atomic mass is 19.1. The molecule has 2 atom stereocenters. The minimum atomic E-state index is -1.16. The Hall–Kier alpha value is -0.730. The van der Waals surface area contributed by atoms with Gasteiger partial charge in [-0.1, -0.05) is 11.6 Å². The third kappa shape index (κ3) is 3.66. The lowest BCUT2D eigenvalue weighted by atomic mass is 9.93. The SMILES string of the molecule is CC(=O)CCC1=C[C@@H](F)CC(F)C1. The van der Waals surface area contributed by atoms with Crippen LogP contribution in [0, 0.1) is 0 Å². The van der Waals surface area contributed by atoms with Crippen molar-refractivity contribution in [2.45, 2.75) is 45.0 Å². The minimum Gasteiger partial charge on any atom is -0.300 e. The molecule has 0 aromatic carbocycles. The Morgan fingerprint density at radius 2 is 2.31 bits per heavy atom. The standard InChI is InChI=1S/C10H14F2O/c1-7(13)2-3-8-4-9(11)6-10(12)5-8/h4,9-10H,2-3,5-6H2,1H3/t9-,10?/m1/s1. The van der Waals surface area contributed by atoms with Gasteiger partial charge >= 0.3 is 0 Å². The first-order chi connectivity index (χ1) is 6.08. The van der Waals surface area contributed by atoms with E-state index in [1.165, 1.54) is 13.0 Å². The summed E-state index contributed by atoms with van der Waals surface area (Å²) in [6.45, 7) is 1.49. The maximum atomic E-state index is 12.8. The van der Waals surface area contributed by atoms with Crippen LogP contribution in [0.3, 0.4) is 0 Å². The fourth-order valence-corrected chi connectivity index (χ4v) is 1.53. The molecule has 3 heteroatoms. The van der Waals surface area contributed by atoms with Crippen molar-refractivity contribution in [1.29, 1.82) is 0 Å². The highest BCUT2D eigenvalue weighted by Crippen LogP contribution is 2.26. The molecule has 0 fully saturated rings. The molecule has 0 saturated heterocycles. The molecule has 0 aromatic rings. The van der Waals surface area contributed by atoms with Crippen LogP contribution < -0.4 is 0 Å². The fourth-order valence-electron chi connectivity index (χ4n) is 1.53. The van der Waals surface area contributed by atoms with Gasteiger partial charge in [0.2, 0.25) is 0 Å². The molecule has 0 amide bonds. The molecule has 1 aliphatic carbocycles. The van der Waals surface area contributed by atoms with Crippen molar-refractivity contribution in [3.05, 3.63) is 11.6 Å². The van der Waals surface area contributed by atoms with Gasteiger partial charge in [0.1, 0.15) is 18.1 Å². The summed E-state index contributed by atoms with van der Waals surface area (Å²) in [5.74, 6) is 0.0669. The molecule has 0 N–H and O–H groups in total. The van der Waals surface area contributed by atoms with E-state index in [0.717, 1.165) is 5.57 Å². The van der Waals surface area contributed by atoms with Crippen LogP contribution in [0.4, 0.5) is 8.78 Å². The second-order valence-electron chi connectivity index (χ2n) is 3.58. The predicted octanol–water partition coefficient (Wildman–Crippen LogP) is 2.75. The number of carbonyl (C=O) groups is 1. The molecular weight excluding hydrogens is 174 g/mol. The van der Waals surface area contributed by atoms with Crippen molar-refractivity contribution in [2.75, 3.05) is 0 Å². The van der Waals surface area contributed by atoms with E-state index >= 15 is 0 Å². The maximum absolute atomic E-state index is 12.8. The minimum absolute atomic E-state index is 0.0242. The second kappa shape index (κ2) is 4.49. The van der Waals surface area contributed by atoms with Crippen molar-refractivity contribution >= 4 is 5.78 Å². The van der Waals surface area contributed by atoms with Crippen molar-refractivity contribution in [3.63, 3.8) is 0 Å².